The van der Waals surface area contributed by atoms with E-state index in [9.17, 15) is 23.3 Å². The van der Waals surface area contributed by atoms with E-state index < -0.39 is 11.3 Å². The fourth-order valence-electron chi connectivity index (χ4n) is 4.04. The monoisotopic (exact) mass is 503 g/mol. The molecule has 3 aromatic rings. The van der Waals surface area contributed by atoms with Gasteiger partial charge < -0.3 is 20.1 Å². The van der Waals surface area contributed by atoms with Gasteiger partial charge in [0.25, 0.3) is 5.69 Å². The van der Waals surface area contributed by atoms with Crippen molar-refractivity contribution in [1.82, 2.24) is 9.97 Å². The van der Waals surface area contributed by atoms with Crippen molar-refractivity contribution >= 4 is 23.1 Å². The van der Waals surface area contributed by atoms with E-state index in [1.807, 2.05) is 0 Å². The summed E-state index contributed by atoms with van der Waals surface area (Å²) in [4.78, 5) is 20.0. The molecule has 0 spiro atoms. The van der Waals surface area contributed by atoms with Gasteiger partial charge in [0, 0.05) is 17.7 Å². The van der Waals surface area contributed by atoms with Gasteiger partial charge in [-0.15, -0.1) is 13.2 Å². The molecule has 1 saturated carbocycles. The molecule has 1 aromatic heterocycles. The van der Waals surface area contributed by atoms with Crippen molar-refractivity contribution < 1.29 is 27.6 Å². The van der Waals surface area contributed by atoms with E-state index in [0.717, 1.165) is 32.1 Å². The number of benzene rings is 2. The van der Waals surface area contributed by atoms with Gasteiger partial charge in [-0.05, 0) is 37.1 Å². The quantitative estimate of drug-likeness (QED) is 0.267. The van der Waals surface area contributed by atoms with Gasteiger partial charge in [-0.3, -0.25) is 10.1 Å². The van der Waals surface area contributed by atoms with E-state index in [4.69, 9.17) is 4.74 Å². The SMILES string of the molecule is COc1ccc(Nc2cc(-c3cccc(OC(F)(F)F)c3)nc(NC3CCCCC3)n2)c([N+](=O)[O-])c1. The first kappa shape index (κ1) is 25.0. The maximum Gasteiger partial charge on any atom is 0.573 e. The Morgan fingerprint density at radius 1 is 1.03 bits per heavy atom. The van der Waals surface area contributed by atoms with Gasteiger partial charge >= 0.3 is 6.36 Å². The van der Waals surface area contributed by atoms with Crippen LogP contribution in [0.25, 0.3) is 11.3 Å². The van der Waals surface area contributed by atoms with Crippen LogP contribution in [-0.4, -0.2) is 34.4 Å². The van der Waals surface area contributed by atoms with Crippen LogP contribution >= 0.6 is 0 Å². The van der Waals surface area contributed by atoms with E-state index in [1.165, 1.54) is 43.5 Å². The van der Waals surface area contributed by atoms with E-state index in [1.54, 1.807) is 12.1 Å². The lowest BCUT2D eigenvalue weighted by atomic mass is 9.96. The highest BCUT2D eigenvalue weighted by atomic mass is 19.4. The molecule has 0 radical (unpaired) electrons. The van der Waals surface area contributed by atoms with Gasteiger partial charge in [0.1, 0.15) is 23.0 Å². The van der Waals surface area contributed by atoms with Gasteiger partial charge in [0.05, 0.1) is 23.8 Å². The second-order valence-corrected chi connectivity index (χ2v) is 8.28. The molecule has 36 heavy (non-hydrogen) atoms. The minimum Gasteiger partial charge on any atom is -0.496 e. The molecule has 0 atom stereocenters. The topological polar surface area (TPSA) is 111 Å². The first-order chi connectivity index (χ1) is 17.2. The molecule has 2 N–H and O–H groups in total. The highest BCUT2D eigenvalue weighted by Gasteiger charge is 2.31. The third kappa shape index (κ3) is 6.52. The zero-order valence-electron chi connectivity index (χ0n) is 19.3. The molecule has 4 rings (SSSR count). The highest BCUT2D eigenvalue weighted by Crippen LogP contribution is 2.33. The number of ether oxygens (including phenoxy) is 2. The molecule has 1 heterocycles. The van der Waals surface area contributed by atoms with Crippen molar-refractivity contribution in [3.63, 3.8) is 0 Å². The van der Waals surface area contributed by atoms with Crippen LogP contribution in [0.3, 0.4) is 0 Å². The Balaban J connectivity index is 1.72. The van der Waals surface area contributed by atoms with E-state index in [2.05, 4.69) is 25.3 Å². The van der Waals surface area contributed by atoms with Crippen molar-refractivity contribution in [2.45, 2.75) is 44.5 Å². The van der Waals surface area contributed by atoms with E-state index in [-0.39, 0.29) is 34.9 Å². The normalized spacial score (nSPS) is 14.2. The summed E-state index contributed by atoms with van der Waals surface area (Å²) in [6, 6.07) is 11.4. The minimum atomic E-state index is -4.84. The number of anilines is 3. The number of alkyl halides is 3. The molecule has 0 amide bonds. The summed E-state index contributed by atoms with van der Waals surface area (Å²) in [5.41, 5.74) is 0.618. The lowest BCUT2D eigenvalue weighted by Gasteiger charge is -2.23. The van der Waals surface area contributed by atoms with Gasteiger partial charge in [0.15, 0.2) is 0 Å². The van der Waals surface area contributed by atoms with Crippen molar-refractivity contribution in [2.24, 2.45) is 0 Å². The largest absolute Gasteiger partial charge is 0.573 e. The van der Waals surface area contributed by atoms with Crippen molar-refractivity contribution in [3.05, 3.63) is 58.6 Å². The number of hydrogen-bond acceptors (Lipinski definition) is 8. The Morgan fingerprint density at radius 3 is 2.50 bits per heavy atom. The molecule has 190 valence electrons. The molecule has 1 aliphatic carbocycles. The van der Waals surface area contributed by atoms with E-state index >= 15 is 0 Å². The summed E-state index contributed by atoms with van der Waals surface area (Å²) < 4.78 is 47.3. The summed E-state index contributed by atoms with van der Waals surface area (Å²) in [5, 5.41) is 17.9. The van der Waals surface area contributed by atoms with Crippen LogP contribution in [0.5, 0.6) is 11.5 Å². The predicted octanol–water partition coefficient (Wildman–Crippen LogP) is 6.45. The van der Waals surface area contributed by atoms with Crippen LogP contribution < -0.4 is 20.1 Å². The van der Waals surface area contributed by atoms with Gasteiger partial charge in [-0.1, -0.05) is 31.4 Å². The van der Waals surface area contributed by atoms with E-state index in [0.29, 0.717) is 17.0 Å². The Labute approximate surface area is 204 Å². The Kier molecular flexibility index (Phi) is 7.41. The lowest BCUT2D eigenvalue weighted by molar-refractivity contribution is -0.384. The molecule has 2 aromatic carbocycles. The molecule has 12 heteroatoms. The molecule has 0 saturated heterocycles. The first-order valence-electron chi connectivity index (χ1n) is 11.3. The average Bonchev–Trinajstić information content (AvgIpc) is 2.84. The third-order valence-electron chi connectivity index (χ3n) is 5.69. The number of nitrogens with zero attached hydrogens (tertiary/aromatic N) is 3. The fraction of sp³-hybridized carbons (Fsp3) is 0.333. The average molecular weight is 503 g/mol. The summed E-state index contributed by atoms with van der Waals surface area (Å²) >= 11 is 0. The van der Waals surface area contributed by atoms with Crippen LogP contribution in [0.4, 0.5) is 36.3 Å². The maximum absolute atomic E-state index is 12.7. The number of nitro benzene ring substituents is 1. The molecule has 9 nitrogen and oxygen atoms in total. The highest BCUT2D eigenvalue weighted by molar-refractivity contribution is 5.73. The summed E-state index contributed by atoms with van der Waals surface area (Å²) in [7, 11) is 1.41. The molecule has 0 aliphatic heterocycles. The Hall–Kier alpha value is -4.09. The summed E-state index contributed by atoms with van der Waals surface area (Å²) in [6.07, 6.45) is 0.329. The van der Waals surface area contributed by atoms with Crippen LogP contribution in [0.1, 0.15) is 32.1 Å². The fourth-order valence-corrected chi connectivity index (χ4v) is 4.04. The van der Waals surface area contributed by atoms with Crippen LogP contribution in [-0.2, 0) is 0 Å². The standard InChI is InChI=1S/C24H24F3N5O4/c1-35-17-10-11-19(21(13-17)32(33)34)29-22-14-20(15-6-5-9-18(12-15)36-24(25,26)27)30-23(31-22)28-16-7-3-2-4-8-16/h5-6,9-14,16H,2-4,7-8H2,1H3,(H2,28,29,30,31). The third-order valence-corrected chi connectivity index (χ3v) is 5.69. The van der Waals surface area contributed by atoms with Crippen molar-refractivity contribution in [2.75, 3.05) is 17.7 Å². The van der Waals surface area contributed by atoms with Gasteiger partial charge in [0.2, 0.25) is 5.95 Å². The number of rotatable bonds is 8. The number of hydrogen-bond donors (Lipinski definition) is 2. The Bertz CT molecular complexity index is 1230. The zero-order chi connectivity index (χ0) is 25.7. The molecular formula is C24H24F3N5O4. The number of halogens is 3. The number of nitrogens with one attached hydrogen (secondary N) is 2. The first-order valence-corrected chi connectivity index (χ1v) is 11.3. The van der Waals surface area contributed by atoms with Crippen LogP contribution in [0.15, 0.2) is 48.5 Å². The van der Waals surface area contributed by atoms with Crippen molar-refractivity contribution in [3.8, 4) is 22.8 Å². The number of nitro groups is 1. The second kappa shape index (κ2) is 10.7. The number of methoxy groups -OCH3 is 1. The molecule has 1 fully saturated rings. The molecule has 0 unspecified atom stereocenters. The number of aromatic nitrogens is 2. The van der Waals surface area contributed by atoms with Crippen LogP contribution in [0, 0.1) is 10.1 Å². The zero-order valence-corrected chi connectivity index (χ0v) is 19.3. The molecule has 1 aliphatic rings. The summed E-state index contributed by atoms with van der Waals surface area (Å²) in [5.74, 6) is 0.423. The summed E-state index contributed by atoms with van der Waals surface area (Å²) in [6.45, 7) is 0. The van der Waals surface area contributed by atoms with Gasteiger partial charge in [-0.2, -0.15) is 4.98 Å². The second-order valence-electron chi connectivity index (χ2n) is 8.28. The van der Waals surface area contributed by atoms with Crippen LogP contribution in [0.2, 0.25) is 0 Å². The Morgan fingerprint density at radius 2 is 1.81 bits per heavy atom. The lowest BCUT2D eigenvalue weighted by Crippen LogP contribution is -2.23. The predicted molar refractivity (Wildman–Crippen MR) is 128 cm³/mol. The maximum atomic E-state index is 12.7. The molecule has 0 bridgehead atoms. The van der Waals surface area contributed by atoms with Crippen molar-refractivity contribution in [1.29, 1.82) is 0 Å². The van der Waals surface area contributed by atoms with Gasteiger partial charge in [-0.25, -0.2) is 4.98 Å². The molecular weight excluding hydrogens is 479 g/mol. The minimum absolute atomic E-state index is 0.150. The smallest absolute Gasteiger partial charge is 0.496 e.